The zero-order valence-electron chi connectivity index (χ0n) is 15.3. The van der Waals surface area contributed by atoms with Crippen LogP contribution in [0.1, 0.15) is 36.0 Å². The van der Waals surface area contributed by atoms with Gasteiger partial charge in [0.05, 0.1) is 31.6 Å². The number of methoxy groups -OCH3 is 2. The summed E-state index contributed by atoms with van der Waals surface area (Å²) in [5.74, 6) is 1.02. The van der Waals surface area contributed by atoms with Gasteiger partial charge in [-0.1, -0.05) is 11.6 Å². The Hall–Kier alpha value is -2.54. The van der Waals surface area contributed by atoms with Gasteiger partial charge in [-0.3, -0.25) is 4.79 Å². The summed E-state index contributed by atoms with van der Waals surface area (Å²) in [4.78, 5) is 20.7. The molecule has 7 nitrogen and oxygen atoms in total. The van der Waals surface area contributed by atoms with Gasteiger partial charge >= 0.3 is 6.01 Å². The van der Waals surface area contributed by atoms with Crippen molar-refractivity contribution in [3.63, 3.8) is 0 Å². The van der Waals surface area contributed by atoms with Gasteiger partial charge in [0.1, 0.15) is 17.6 Å². The molecular formula is C19H22ClN3O4. The third-order valence-corrected chi connectivity index (χ3v) is 4.69. The number of amides is 1. The average Bonchev–Trinajstić information content (AvgIpc) is 2.70. The van der Waals surface area contributed by atoms with Crippen molar-refractivity contribution in [2.24, 2.45) is 0 Å². The minimum atomic E-state index is -0.141. The maximum absolute atomic E-state index is 12.6. The third-order valence-electron chi connectivity index (χ3n) is 4.49. The second kappa shape index (κ2) is 8.90. The molecule has 0 saturated heterocycles. The first kappa shape index (κ1) is 19.2. The summed E-state index contributed by atoms with van der Waals surface area (Å²) < 4.78 is 16.2. The van der Waals surface area contributed by atoms with Gasteiger partial charge in [0.25, 0.3) is 5.91 Å². The van der Waals surface area contributed by atoms with Crippen molar-refractivity contribution in [3.05, 3.63) is 41.2 Å². The van der Waals surface area contributed by atoms with Crippen LogP contribution in [0.3, 0.4) is 0 Å². The molecule has 0 aliphatic heterocycles. The van der Waals surface area contributed by atoms with E-state index in [2.05, 4.69) is 15.3 Å². The molecule has 1 aliphatic rings. The molecule has 1 aromatic heterocycles. The standard InChI is InChI=1S/C19H22ClN3O4/c1-25-16-7-12(8-17(9-16)26-2)18(24)23-14-3-5-15(6-4-14)27-19-21-10-13(20)11-22-19/h7-11,14-15H,3-6H2,1-2H3,(H,23,24). The predicted octanol–water partition coefficient (Wildman–Crippen LogP) is 3.27. The van der Waals surface area contributed by atoms with E-state index in [0.29, 0.717) is 28.1 Å². The maximum atomic E-state index is 12.6. The quantitative estimate of drug-likeness (QED) is 0.813. The lowest BCUT2D eigenvalue weighted by molar-refractivity contribution is 0.0884. The van der Waals surface area contributed by atoms with Crippen molar-refractivity contribution >= 4 is 17.5 Å². The summed E-state index contributed by atoms with van der Waals surface area (Å²) in [5.41, 5.74) is 0.513. The molecule has 1 saturated carbocycles. The molecule has 0 spiro atoms. The lowest BCUT2D eigenvalue weighted by Crippen LogP contribution is -2.39. The highest BCUT2D eigenvalue weighted by molar-refractivity contribution is 6.30. The number of carbonyl (C=O) groups excluding carboxylic acids is 1. The van der Waals surface area contributed by atoms with Crippen molar-refractivity contribution in [1.29, 1.82) is 0 Å². The topological polar surface area (TPSA) is 82.6 Å². The second-order valence-corrected chi connectivity index (χ2v) is 6.79. The zero-order valence-corrected chi connectivity index (χ0v) is 16.0. The molecular weight excluding hydrogens is 370 g/mol. The van der Waals surface area contributed by atoms with Gasteiger partial charge in [-0.25, -0.2) is 9.97 Å². The van der Waals surface area contributed by atoms with Crippen molar-refractivity contribution < 1.29 is 19.0 Å². The van der Waals surface area contributed by atoms with Gasteiger partial charge in [0.15, 0.2) is 0 Å². The van der Waals surface area contributed by atoms with Gasteiger partial charge in [0.2, 0.25) is 0 Å². The Morgan fingerprint density at radius 1 is 1.04 bits per heavy atom. The number of carbonyl (C=O) groups is 1. The maximum Gasteiger partial charge on any atom is 0.316 e. The Balaban J connectivity index is 1.53. The number of ether oxygens (including phenoxy) is 3. The Morgan fingerprint density at radius 3 is 2.19 bits per heavy atom. The number of nitrogens with zero attached hydrogens (tertiary/aromatic N) is 2. The van der Waals surface area contributed by atoms with Crippen molar-refractivity contribution in [2.75, 3.05) is 14.2 Å². The molecule has 0 bridgehead atoms. The monoisotopic (exact) mass is 391 g/mol. The Morgan fingerprint density at radius 2 is 1.63 bits per heavy atom. The van der Waals surface area contributed by atoms with Crippen molar-refractivity contribution in [1.82, 2.24) is 15.3 Å². The number of benzene rings is 1. The summed E-state index contributed by atoms with van der Waals surface area (Å²) in [6, 6.07) is 5.56. The first-order chi connectivity index (χ1) is 13.1. The molecule has 8 heteroatoms. The summed E-state index contributed by atoms with van der Waals surface area (Å²) in [6.45, 7) is 0. The molecule has 144 valence electrons. The number of hydrogen-bond donors (Lipinski definition) is 1. The van der Waals surface area contributed by atoms with Gasteiger partial charge < -0.3 is 19.5 Å². The summed E-state index contributed by atoms with van der Waals surface area (Å²) in [6.07, 6.45) is 6.35. The van der Waals surface area contributed by atoms with E-state index in [9.17, 15) is 4.79 Å². The van der Waals surface area contributed by atoms with Crippen LogP contribution in [0, 0.1) is 0 Å². The molecule has 1 aliphatic carbocycles. The Bertz CT molecular complexity index is 755. The molecule has 1 amide bonds. The molecule has 27 heavy (non-hydrogen) atoms. The lowest BCUT2D eigenvalue weighted by Gasteiger charge is -2.28. The smallest absolute Gasteiger partial charge is 0.316 e. The molecule has 1 fully saturated rings. The fraction of sp³-hybridized carbons (Fsp3) is 0.421. The fourth-order valence-electron chi connectivity index (χ4n) is 3.04. The van der Waals surface area contributed by atoms with Gasteiger partial charge in [-0.15, -0.1) is 0 Å². The van der Waals surface area contributed by atoms with Gasteiger partial charge in [-0.05, 0) is 37.8 Å². The molecule has 0 unspecified atom stereocenters. The lowest BCUT2D eigenvalue weighted by atomic mass is 9.92. The minimum absolute atomic E-state index is 0.0382. The second-order valence-electron chi connectivity index (χ2n) is 6.35. The van der Waals surface area contributed by atoms with Crippen LogP contribution >= 0.6 is 11.6 Å². The first-order valence-electron chi connectivity index (χ1n) is 8.75. The van der Waals surface area contributed by atoms with E-state index in [1.807, 2.05) is 0 Å². The van der Waals surface area contributed by atoms with E-state index in [1.165, 1.54) is 12.4 Å². The van der Waals surface area contributed by atoms with Crippen molar-refractivity contribution in [2.45, 2.75) is 37.8 Å². The molecule has 0 radical (unpaired) electrons. The number of nitrogens with one attached hydrogen (secondary N) is 1. The van der Waals surface area contributed by atoms with E-state index in [-0.39, 0.29) is 18.1 Å². The van der Waals surface area contributed by atoms with Crippen LogP contribution in [0.25, 0.3) is 0 Å². The molecule has 1 aromatic carbocycles. The van der Waals surface area contributed by atoms with Crippen molar-refractivity contribution in [3.8, 4) is 17.5 Å². The summed E-state index contributed by atoms with van der Waals surface area (Å²) >= 11 is 5.77. The number of hydrogen-bond acceptors (Lipinski definition) is 6. The average molecular weight is 392 g/mol. The van der Waals surface area contributed by atoms with E-state index >= 15 is 0 Å². The van der Waals surface area contributed by atoms with Crippen LogP contribution in [-0.4, -0.2) is 42.2 Å². The SMILES string of the molecule is COc1cc(OC)cc(C(=O)NC2CCC(Oc3ncc(Cl)cn3)CC2)c1. The molecule has 3 rings (SSSR count). The van der Waals surface area contributed by atoms with Gasteiger partial charge in [0, 0.05) is 17.7 Å². The Kier molecular flexibility index (Phi) is 6.34. The van der Waals surface area contributed by atoms with Crippen LogP contribution in [0.5, 0.6) is 17.5 Å². The molecule has 0 atom stereocenters. The van der Waals surface area contributed by atoms with Crippen LogP contribution in [0.4, 0.5) is 0 Å². The van der Waals surface area contributed by atoms with E-state index in [1.54, 1.807) is 32.4 Å². The fourth-order valence-corrected chi connectivity index (χ4v) is 3.14. The predicted molar refractivity (Wildman–Crippen MR) is 101 cm³/mol. The number of halogens is 1. The molecule has 1 heterocycles. The third kappa shape index (κ3) is 5.23. The molecule has 1 N–H and O–H groups in total. The highest BCUT2D eigenvalue weighted by Gasteiger charge is 2.25. The minimum Gasteiger partial charge on any atom is -0.497 e. The highest BCUT2D eigenvalue weighted by Crippen LogP contribution is 2.25. The van der Waals surface area contributed by atoms with Crippen LogP contribution in [0.15, 0.2) is 30.6 Å². The van der Waals surface area contributed by atoms with Crippen LogP contribution in [-0.2, 0) is 0 Å². The summed E-state index contributed by atoms with van der Waals surface area (Å²) in [5, 5.41) is 3.55. The van der Waals surface area contributed by atoms with Gasteiger partial charge in [-0.2, -0.15) is 0 Å². The van der Waals surface area contributed by atoms with E-state index < -0.39 is 0 Å². The largest absolute Gasteiger partial charge is 0.497 e. The zero-order chi connectivity index (χ0) is 19.2. The normalized spacial score (nSPS) is 19.2. The van der Waals surface area contributed by atoms with Crippen LogP contribution < -0.4 is 19.5 Å². The Labute approximate surface area is 163 Å². The van der Waals surface area contributed by atoms with E-state index in [4.69, 9.17) is 25.8 Å². The highest BCUT2D eigenvalue weighted by atomic mass is 35.5. The van der Waals surface area contributed by atoms with Crippen LogP contribution in [0.2, 0.25) is 5.02 Å². The molecule has 2 aromatic rings. The van der Waals surface area contributed by atoms with E-state index in [0.717, 1.165) is 25.7 Å². The first-order valence-corrected chi connectivity index (χ1v) is 9.13. The summed E-state index contributed by atoms with van der Waals surface area (Å²) in [7, 11) is 3.12. The number of aromatic nitrogens is 2. The number of rotatable bonds is 6.